The zero-order chi connectivity index (χ0) is 16.7. The molecule has 0 unspecified atom stereocenters. The number of benzene rings is 1. The predicted molar refractivity (Wildman–Crippen MR) is 79.9 cm³/mol. The average Bonchev–Trinajstić information content (AvgIpc) is 3.23. The van der Waals surface area contributed by atoms with Crippen molar-refractivity contribution in [2.45, 2.75) is 25.5 Å². The Kier molecular flexibility index (Phi) is 4.25. The molecular formula is C14H8BrClF3N3O. The summed E-state index contributed by atoms with van der Waals surface area (Å²) in [6, 6.07) is 3.07. The Labute approximate surface area is 142 Å². The van der Waals surface area contributed by atoms with E-state index in [1.807, 2.05) is 6.07 Å². The Bertz CT molecular complexity index is 815. The highest BCUT2D eigenvalue weighted by molar-refractivity contribution is 9.10. The SMILES string of the molecule is N#Cc1c(OC2CC2)cc(Cl)c(F)c1-c1nn(C(F)F)cc1Br. The molecule has 0 spiro atoms. The van der Waals surface area contributed by atoms with E-state index in [4.69, 9.17) is 16.3 Å². The zero-order valence-electron chi connectivity index (χ0n) is 11.4. The van der Waals surface area contributed by atoms with E-state index in [-0.39, 0.29) is 38.2 Å². The topological polar surface area (TPSA) is 50.8 Å². The largest absolute Gasteiger partial charge is 0.489 e. The molecule has 3 rings (SSSR count). The van der Waals surface area contributed by atoms with E-state index in [0.717, 1.165) is 19.0 Å². The summed E-state index contributed by atoms with van der Waals surface area (Å²) in [4.78, 5) is 0. The summed E-state index contributed by atoms with van der Waals surface area (Å²) in [5, 5.41) is 12.7. The summed E-state index contributed by atoms with van der Waals surface area (Å²) >= 11 is 8.92. The van der Waals surface area contributed by atoms with Crippen LogP contribution in [0.4, 0.5) is 13.2 Å². The van der Waals surface area contributed by atoms with Gasteiger partial charge >= 0.3 is 6.55 Å². The summed E-state index contributed by atoms with van der Waals surface area (Å²) < 4.78 is 46.0. The molecule has 1 aliphatic rings. The lowest BCUT2D eigenvalue weighted by Crippen LogP contribution is -2.03. The Morgan fingerprint density at radius 1 is 1.48 bits per heavy atom. The normalized spacial score (nSPS) is 14.1. The monoisotopic (exact) mass is 405 g/mol. The minimum atomic E-state index is -2.89. The molecule has 0 atom stereocenters. The second-order valence-corrected chi connectivity index (χ2v) is 6.19. The van der Waals surface area contributed by atoms with Crippen LogP contribution in [0.5, 0.6) is 5.75 Å². The molecule has 4 nitrogen and oxygen atoms in total. The second-order valence-electron chi connectivity index (χ2n) is 4.93. The van der Waals surface area contributed by atoms with E-state index in [0.29, 0.717) is 4.68 Å². The molecule has 0 saturated heterocycles. The van der Waals surface area contributed by atoms with Gasteiger partial charge in [0.1, 0.15) is 23.1 Å². The minimum Gasteiger partial charge on any atom is -0.489 e. The second kappa shape index (κ2) is 6.06. The summed E-state index contributed by atoms with van der Waals surface area (Å²) in [6.07, 6.45) is 2.62. The lowest BCUT2D eigenvalue weighted by Gasteiger charge is -2.12. The van der Waals surface area contributed by atoms with Crippen LogP contribution >= 0.6 is 27.5 Å². The Morgan fingerprint density at radius 3 is 2.70 bits per heavy atom. The van der Waals surface area contributed by atoms with Crippen LogP contribution in [0.2, 0.25) is 5.02 Å². The van der Waals surface area contributed by atoms with Gasteiger partial charge in [0.15, 0.2) is 5.82 Å². The third kappa shape index (κ3) is 3.03. The molecule has 1 heterocycles. The molecule has 1 saturated carbocycles. The smallest absolute Gasteiger partial charge is 0.333 e. The summed E-state index contributed by atoms with van der Waals surface area (Å²) in [5.74, 6) is -0.790. The molecule has 0 N–H and O–H groups in total. The van der Waals surface area contributed by atoms with Gasteiger partial charge in [-0.15, -0.1) is 0 Å². The number of alkyl halides is 2. The fourth-order valence-electron chi connectivity index (χ4n) is 2.03. The maximum Gasteiger partial charge on any atom is 0.333 e. The van der Waals surface area contributed by atoms with Crippen molar-refractivity contribution in [2.24, 2.45) is 0 Å². The maximum atomic E-state index is 14.5. The molecule has 2 aromatic rings. The van der Waals surface area contributed by atoms with Crippen molar-refractivity contribution in [2.75, 3.05) is 0 Å². The molecule has 0 radical (unpaired) electrons. The number of hydrogen-bond donors (Lipinski definition) is 0. The molecule has 1 aromatic carbocycles. The van der Waals surface area contributed by atoms with E-state index in [9.17, 15) is 18.4 Å². The third-order valence-electron chi connectivity index (χ3n) is 3.24. The molecule has 1 aromatic heterocycles. The first-order chi connectivity index (χ1) is 10.9. The van der Waals surface area contributed by atoms with Crippen molar-refractivity contribution >= 4 is 27.5 Å². The van der Waals surface area contributed by atoms with Crippen LogP contribution < -0.4 is 4.74 Å². The molecule has 120 valence electrons. The standard InChI is InChI=1S/C14H8BrClF3N3O/c15-8-5-22(14(18)19)21-13(8)11-7(4-20)10(23-6-1-2-6)3-9(16)12(11)17/h3,5-6,14H,1-2H2. The summed E-state index contributed by atoms with van der Waals surface area (Å²) in [5.41, 5.74) is -0.525. The van der Waals surface area contributed by atoms with Gasteiger partial charge in [0, 0.05) is 12.3 Å². The van der Waals surface area contributed by atoms with Crippen molar-refractivity contribution in [3.8, 4) is 23.1 Å². The Balaban J connectivity index is 2.21. The molecule has 0 aliphatic heterocycles. The van der Waals surface area contributed by atoms with Gasteiger partial charge in [-0.25, -0.2) is 9.07 Å². The third-order valence-corrected chi connectivity index (χ3v) is 4.09. The Morgan fingerprint density at radius 2 is 2.17 bits per heavy atom. The van der Waals surface area contributed by atoms with Crippen LogP contribution in [0.15, 0.2) is 16.7 Å². The van der Waals surface area contributed by atoms with Crippen molar-refractivity contribution in [1.29, 1.82) is 5.26 Å². The highest BCUT2D eigenvalue weighted by atomic mass is 79.9. The van der Waals surface area contributed by atoms with Gasteiger partial charge in [-0.3, -0.25) is 0 Å². The molecule has 23 heavy (non-hydrogen) atoms. The van der Waals surface area contributed by atoms with Gasteiger partial charge < -0.3 is 4.74 Å². The molecule has 9 heteroatoms. The van der Waals surface area contributed by atoms with Gasteiger partial charge in [-0.2, -0.15) is 19.1 Å². The summed E-state index contributed by atoms with van der Waals surface area (Å²) in [6.45, 7) is -2.89. The fraction of sp³-hybridized carbons (Fsp3) is 0.286. The van der Waals surface area contributed by atoms with Crippen LogP contribution in [0.1, 0.15) is 25.0 Å². The average molecular weight is 407 g/mol. The van der Waals surface area contributed by atoms with Gasteiger partial charge in [0.2, 0.25) is 0 Å². The number of nitrogens with zero attached hydrogens (tertiary/aromatic N) is 3. The van der Waals surface area contributed by atoms with Crippen molar-refractivity contribution in [3.63, 3.8) is 0 Å². The zero-order valence-corrected chi connectivity index (χ0v) is 13.7. The Hall–Kier alpha value is -1.72. The number of aromatic nitrogens is 2. The maximum absolute atomic E-state index is 14.5. The van der Waals surface area contributed by atoms with Crippen molar-refractivity contribution < 1.29 is 17.9 Å². The van der Waals surface area contributed by atoms with E-state index in [1.165, 1.54) is 6.07 Å². The lowest BCUT2D eigenvalue weighted by atomic mass is 10.0. The predicted octanol–water partition coefficient (Wildman–Crippen LogP) is 4.91. The summed E-state index contributed by atoms with van der Waals surface area (Å²) in [7, 11) is 0. The van der Waals surface area contributed by atoms with Gasteiger partial charge in [-0.1, -0.05) is 11.6 Å². The highest BCUT2D eigenvalue weighted by Gasteiger charge is 2.29. The number of ether oxygens (including phenoxy) is 1. The molecule has 0 amide bonds. The molecule has 1 fully saturated rings. The van der Waals surface area contributed by atoms with Crippen molar-refractivity contribution in [1.82, 2.24) is 9.78 Å². The molecule has 0 bridgehead atoms. The van der Waals surface area contributed by atoms with E-state index in [2.05, 4.69) is 21.0 Å². The fourth-order valence-corrected chi connectivity index (χ4v) is 2.71. The van der Waals surface area contributed by atoms with E-state index >= 15 is 0 Å². The van der Waals surface area contributed by atoms with Crippen LogP contribution in [0.25, 0.3) is 11.3 Å². The van der Waals surface area contributed by atoms with E-state index in [1.54, 1.807) is 0 Å². The van der Waals surface area contributed by atoms with Crippen LogP contribution in [0, 0.1) is 17.1 Å². The van der Waals surface area contributed by atoms with Crippen molar-refractivity contribution in [3.05, 3.63) is 33.1 Å². The number of halogens is 5. The number of hydrogen-bond acceptors (Lipinski definition) is 3. The first-order valence-electron chi connectivity index (χ1n) is 6.54. The minimum absolute atomic E-state index is 0.0430. The number of rotatable bonds is 4. The van der Waals surface area contributed by atoms with Gasteiger partial charge in [-0.05, 0) is 28.8 Å². The molecule has 1 aliphatic carbocycles. The van der Waals surface area contributed by atoms with Gasteiger partial charge in [0.05, 0.1) is 21.2 Å². The first kappa shape index (κ1) is 16.1. The lowest BCUT2D eigenvalue weighted by molar-refractivity contribution is 0.0567. The van der Waals surface area contributed by atoms with Crippen LogP contribution in [0.3, 0.4) is 0 Å². The molecular weight excluding hydrogens is 399 g/mol. The number of nitriles is 1. The van der Waals surface area contributed by atoms with E-state index < -0.39 is 12.4 Å². The van der Waals surface area contributed by atoms with Crippen LogP contribution in [-0.4, -0.2) is 15.9 Å². The van der Waals surface area contributed by atoms with Crippen LogP contribution in [-0.2, 0) is 0 Å². The first-order valence-corrected chi connectivity index (χ1v) is 7.71. The highest BCUT2D eigenvalue weighted by Crippen LogP contribution is 2.41. The quantitative estimate of drug-likeness (QED) is 0.725. The van der Waals surface area contributed by atoms with Gasteiger partial charge in [0.25, 0.3) is 0 Å².